The molecular formula is C21H11BrF3N3O4. The van der Waals surface area contributed by atoms with Gasteiger partial charge in [-0.05, 0) is 52.3 Å². The summed E-state index contributed by atoms with van der Waals surface area (Å²) in [4.78, 5) is 22.6. The summed E-state index contributed by atoms with van der Waals surface area (Å²) < 4.78 is 44.5. The Morgan fingerprint density at radius 1 is 1.19 bits per heavy atom. The highest BCUT2D eigenvalue weighted by molar-refractivity contribution is 9.10. The van der Waals surface area contributed by atoms with Crippen molar-refractivity contribution in [3.63, 3.8) is 0 Å². The number of rotatable bonds is 5. The second kappa shape index (κ2) is 9.07. The van der Waals surface area contributed by atoms with Crippen molar-refractivity contribution in [1.82, 2.24) is 0 Å². The highest BCUT2D eigenvalue weighted by Crippen LogP contribution is 2.33. The largest absolute Gasteiger partial charge is 0.457 e. The third-order valence-electron chi connectivity index (χ3n) is 4.16. The Hall–Kier alpha value is -3.91. The van der Waals surface area contributed by atoms with Gasteiger partial charge in [-0.15, -0.1) is 0 Å². The van der Waals surface area contributed by atoms with E-state index in [-0.39, 0.29) is 17.1 Å². The number of nitrogens with one attached hydrogen (secondary N) is 1. The first-order valence-electron chi connectivity index (χ1n) is 8.73. The second-order valence-electron chi connectivity index (χ2n) is 6.33. The van der Waals surface area contributed by atoms with Gasteiger partial charge in [0.1, 0.15) is 23.2 Å². The molecule has 0 atom stereocenters. The lowest BCUT2D eigenvalue weighted by molar-refractivity contribution is -0.384. The quantitative estimate of drug-likeness (QED) is 0.192. The zero-order chi connectivity index (χ0) is 23.5. The topological polar surface area (TPSA) is 109 Å². The Balaban J connectivity index is 1.82. The van der Waals surface area contributed by atoms with Gasteiger partial charge in [-0.25, -0.2) is 0 Å². The van der Waals surface area contributed by atoms with Gasteiger partial charge in [0.2, 0.25) is 0 Å². The van der Waals surface area contributed by atoms with Crippen molar-refractivity contribution in [2.75, 3.05) is 5.32 Å². The molecular weight excluding hydrogens is 495 g/mol. The van der Waals surface area contributed by atoms with E-state index in [4.69, 9.17) is 4.42 Å². The van der Waals surface area contributed by atoms with Crippen LogP contribution in [-0.4, -0.2) is 10.8 Å². The number of non-ortho nitro benzene ring substituents is 1. The van der Waals surface area contributed by atoms with Gasteiger partial charge in [-0.2, -0.15) is 18.4 Å². The Bertz CT molecular complexity index is 1280. The van der Waals surface area contributed by atoms with E-state index in [2.05, 4.69) is 21.2 Å². The van der Waals surface area contributed by atoms with Crippen LogP contribution in [-0.2, 0) is 11.0 Å². The Morgan fingerprint density at radius 3 is 2.56 bits per heavy atom. The maximum Gasteiger partial charge on any atom is 0.416 e. The highest BCUT2D eigenvalue weighted by atomic mass is 79.9. The Labute approximate surface area is 187 Å². The van der Waals surface area contributed by atoms with Crippen molar-refractivity contribution in [3.05, 3.63) is 86.1 Å². The van der Waals surface area contributed by atoms with Crippen LogP contribution in [0.2, 0.25) is 0 Å². The van der Waals surface area contributed by atoms with Crippen molar-refractivity contribution in [2.24, 2.45) is 0 Å². The van der Waals surface area contributed by atoms with Crippen LogP contribution < -0.4 is 5.32 Å². The van der Waals surface area contributed by atoms with Crippen LogP contribution >= 0.6 is 15.9 Å². The van der Waals surface area contributed by atoms with Gasteiger partial charge < -0.3 is 9.73 Å². The van der Waals surface area contributed by atoms with Crippen molar-refractivity contribution in [2.45, 2.75) is 6.18 Å². The number of furan rings is 1. The monoisotopic (exact) mass is 505 g/mol. The lowest BCUT2D eigenvalue weighted by Gasteiger charge is -2.09. The Kier molecular flexibility index (Phi) is 6.45. The van der Waals surface area contributed by atoms with E-state index in [0.717, 1.165) is 24.3 Å². The lowest BCUT2D eigenvalue weighted by Crippen LogP contribution is -2.14. The predicted octanol–water partition coefficient (Wildman–Crippen LogP) is 6.18. The SMILES string of the molecule is N#C/C(=C\c1ccc(-c2ccc([N+](=O)[O-])cc2Br)o1)C(=O)Nc1cccc(C(F)(F)F)c1. The molecule has 0 bridgehead atoms. The van der Waals surface area contributed by atoms with Crippen LogP contribution in [0.4, 0.5) is 24.5 Å². The molecule has 0 saturated carbocycles. The zero-order valence-corrected chi connectivity index (χ0v) is 17.4. The summed E-state index contributed by atoms with van der Waals surface area (Å²) in [5.74, 6) is -0.476. The molecule has 7 nitrogen and oxygen atoms in total. The number of nitro groups is 1. The molecule has 1 heterocycles. The number of carbonyl (C=O) groups is 1. The molecule has 0 radical (unpaired) electrons. The van der Waals surface area contributed by atoms with E-state index >= 15 is 0 Å². The maximum absolute atomic E-state index is 12.8. The summed E-state index contributed by atoms with van der Waals surface area (Å²) in [6.45, 7) is 0. The lowest BCUT2D eigenvalue weighted by atomic mass is 10.1. The summed E-state index contributed by atoms with van der Waals surface area (Å²) in [6.07, 6.45) is -3.45. The fraction of sp³-hybridized carbons (Fsp3) is 0.0476. The van der Waals surface area contributed by atoms with Crippen molar-refractivity contribution < 1.29 is 27.3 Å². The van der Waals surface area contributed by atoms with Crippen molar-refractivity contribution in [1.29, 1.82) is 5.26 Å². The molecule has 32 heavy (non-hydrogen) atoms. The number of hydrogen-bond acceptors (Lipinski definition) is 5. The summed E-state index contributed by atoms with van der Waals surface area (Å²) in [7, 11) is 0. The highest BCUT2D eigenvalue weighted by Gasteiger charge is 2.30. The normalized spacial score (nSPS) is 11.7. The molecule has 1 aromatic heterocycles. The Morgan fingerprint density at radius 2 is 1.94 bits per heavy atom. The van der Waals surface area contributed by atoms with Gasteiger partial charge in [0.25, 0.3) is 11.6 Å². The number of nitro benzene ring substituents is 1. The van der Waals surface area contributed by atoms with Crippen LogP contribution in [0.25, 0.3) is 17.4 Å². The summed E-state index contributed by atoms with van der Waals surface area (Å²) in [5.41, 5.74) is -1.08. The number of carbonyl (C=O) groups excluding carboxylic acids is 1. The van der Waals surface area contributed by atoms with E-state index in [1.54, 1.807) is 6.07 Å². The minimum Gasteiger partial charge on any atom is -0.457 e. The van der Waals surface area contributed by atoms with Crippen LogP contribution in [0, 0.1) is 21.4 Å². The standard InChI is InChI=1S/C21H11BrF3N3O4/c22-18-10-15(28(30)31)4-6-17(18)19-7-5-16(32-19)8-12(11-26)20(29)27-14-3-1-2-13(9-14)21(23,24)25/h1-10H,(H,27,29)/b12-8+. The molecule has 0 aliphatic heterocycles. The molecule has 0 saturated heterocycles. The molecule has 0 fully saturated rings. The van der Waals surface area contributed by atoms with Crippen LogP contribution in [0.5, 0.6) is 0 Å². The number of nitrogens with zero attached hydrogens (tertiary/aromatic N) is 2. The van der Waals surface area contributed by atoms with Crippen LogP contribution in [0.15, 0.2) is 69.1 Å². The number of anilines is 1. The predicted molar refractivity (Wildman–Crippen MR) is 112 cm³/mol. The first-order valence-corrected chi connectivity index (χ1v) is 9.52. The molecule has 0 unspecified atom stereocenters. The van der Waals surface area contributed by atoms with Gasteiger partial charge in [0.15, 0.2) is 0 Å². The fourth-order valence-electron chi connectivity index (χ4n) is 2.66. The van der Waals surface area contributed by atoms with E-state index in [1.165, 1.54) is 36.4 Å². The third-order valence-corrected chi connectivity index (χ3v) is 4.81. The van der Waals surface area contributed by atoms with Gasteiger partial charge in [-0.1, -0.05) is 6.07 Å². The summed E-state index contributed by atoms with van der Waals surface area (Å²) >= 11 is 3.23. The van der Waals surface area contributed by atoms with Gasteiger partial charge in [0, 0.05) is 33.9 Å². The van der Waals surface area contributed by atoms with Gasteiger partial charge in [-0.3, -0.25) is 14.9 Å². The molecule has 1 N–H and O–H groups in total. The third kappa shape index (κ3) is 5.22. The number of alkyl halides is 3. The first kappa shape index (κ1) is 22.8. The van der Waals surface area contributed by atoms with Gasteiger partial charge in [0.05, 0.1) is 10.5 Å². The molecule has 0 spiro atoms. The molecule has 3 aromatic rings. The average molecular weight is 506 g/mol. The fourth-order valence-corrected chi connectivity index (χ4v) is 3.22. The number of halogens is 4. The molecule has 162 valence electrons. The number of hydrogen-bond donors (Lipinski definition) is 1. The molecule has 1 amide bonds. The summed E-state index contributed by atoms with van der Waals surface area (Å²) in [5, 5.41) is 22.4. The van der Waals surface area contributed by atoms with Crippen LogP contribution in [0.1, 0.15) is 11.3 Å². The maximum atomic E-state index is 12.8. The minimum absolute atomic E-state index is 0.120. The smallest absolute Gasteiger partial charge is 0.416 e. The van der Waals surface area contributed by atoms with Crippen molar-refractivity contribution >= 4 is 39.3 Å². The first-order chi connectivity index (χ1) is 15.1. The van der Waals surface area contributed by atoms with Gasteiger partial charge >= 0.3 is 6.18 Å². The van der Waals surface area contributed by atoms with E-state index < -0.39 is 28.1 Å². The van der Waals surface area contributed by atoms with E-state index in [9.17, 15) is 33.3 Å². The van der Waals surface area contributed by atoms with Crippen LogP contribution in [0.3, 0.4) is 0 Å². The average Bonchev–Trinajstić information content (AvgIpc) is 3.19. The number of nitriles is 1. The summed E-state index contributed by atoms with van der Waals surface area (Å²) in [6, 6.07) is 12.8. The molecule has 3 rings (SSSR count). The molecule has 0 aliphatic carbocycles. The number of benzene rings is 2. The zero-order valence-electron chi connectivity index (χ0n) is 15.8. The molecule has 2 aromatic carbocycles. The van der Waals surface area contributed by atoms with E-state index in [1.807, 2.05) is 0 Å². The molecule has 11 heteroatoms. The van der Waals surface area contributed by atoms with E-state index in [0.29, 0.717) is 15.8 Å². The molecule has 0 aliphatic rings. The van der Waals surface area contributed by atoms with Crippen molar-refractivity contribution in [3.8, 4) is 17.4 Å². The second-order valence-corrected chi connectivity index (χ2v) is 7.18. The number of amides is 1. The minimum atomic E-state index is -4.58.